The van der Waals surface area contributed by atoms with Crippen LogP contribution < -0.4 is 5.06 Å². The first kappa shape index (κ1) is 10.8. The number of anilines is 1. The number of hydrogen-bond donors (Lipinski definition) is 0. The second-order valence-electron chi connectivity index (χ2n) is 3.70. The Balaban J connectivity index is 2.38. The van der Waals surface area contributed by atoms with Crippen LogP contribution in [0.3, 0.4) is 0 Å². The Morgan fingerprint density at radius 1 is 1.56 bits per heavy atom. The van der Waals surface area contributed by atoms with Crippen LogP contribution in [0.1, 0.15) is 18.4 Å². The molecule has 16 heavy (non-hydrogen) atoms. The minimum absolute atomic E-state index is 0.0319. The van der Waals surface area contributed by atoms with E-state index < -0.39 is 4.92 Å². The minimum Gasteiger partial charge on any atom is -0.272 e. The normalized spacial score (nSPS) is 16.2. The summed E-state index contributed by atoms with van der Waals surface area (Å²) in [6.07, 6.45) is 3.51. The first-order valence-corrected chi connectivity index (χ1v) is 5.20. The molecule has 0 aromatic carbocycles. The van der Waals surface area contributed by atoms with E-state index in [0.29, 0.717) is 24.5 Å². The summed E-state index contributed by atoms with van der Waals surface area (Å²) < 4.78 is 0. The van der Waals surface area contributed by atoms with Gasteiger partial charge in [0.2, 0.25) is 5.82 Å². The van der Waals surface area contributed by atoms with E-state index in [1.807, 2.05) is 0 Å². The van der Waals surface area contributed by atoms with E-state index >= 15 is 0 Å². The molecule has 1 fully saturated rings. The lowest BCUT2D eigenvalue weighted by Gasteiger charge is -2.26. The van der Waals surface area contributed by atoms with Crippen molar-refractivity contribution in [1.82, 2.24) is 4.98 Å². The van der Waals surface area contributed by atoms with Crippen LogP contribution in [0.2, 0.25) is 0 Å². The third kappa shape index (κ3) is 1.96. The third-order valence-electron chi connectivity index (χ3n) is 2.53. The van der Waals surface area contributed by atoms with Gasteiger partial charge in [0.25, 0.3) is 0 Å². The molecule has 1 aromatic rings. The Hall–Kier alpha value is -1.69. The van der Waals surface area contributed by atoms with Gasteiger partial charge in [0.15, 0.2) is 0 Å². The fraction of sp³-hybridized carbons (Fsp3) is 0.500. The van der Waals surface area contributed by atoms with E-state index in [4.69, 9.17) is 4.84 Å². The van der Waals surface area contributed by atoms with Crippen molar-refractivity contribution in [1.29, 1.82) is 0 Å². The Morgan fingerprint density at radius 3 is 3.00 bits per heavy atom. The monoisotopic (exact) mass is 223 g/mol. The number of aryl methyl sites for hydroxylation is 1. The summed E-state index contributed by atoms with van der Waals surface area (Å²) in [5.74, 6) is 0.310. The zero-order valence-corrected chi connectivity index (χ0v) is 9.05. The fourth-order valence-corrected chi connectivity index (χ4v) is 1.71. The van der Waals surface area contributed by atoms with Gasteiger partial charge in [-0.15, -0.1) is 0 Å². The zero-order chi connectivity index (χ0) is 11.5. The first-order chi connectivity index (χ1) is 7.70. The smallest absolute Gasteiger partial charge is 0.272 e. The molecule has 0 N–H and O–H groups in total. The van der Waals surface area contributed by atoms with Crippen LogP contribution in [-0.2, 0) is 4.84 Å². The summed E-state index contributed by atoms with van der Waals surface area (Å²) in [6.45, 7) is 2.94. The molecule has 1 aliphatic heterocycles. The molecule has 0 bridgehead atoms. The first-order valence-electron chi connectivity index (χ1n) is 5.20. The molecule has 2 rings (SSSR count). The molecule has 1 saturated heterocycles. The quantitative estimate of drug-likeness (QED) is 0.565. The van der Waals surface area contributed by atoms with Gasteiger partial charge in [-0.25, -0.2) is 10.0 Å². The standard InChI is InChI=1S/C10H13N3O3/c1-8-4-5-11-10(9(8)13(14)15)12-6-2-3-7-16-12/h4-5H,2-3,6-7H2,1H3. The summed E-state index contributed by atoms with van der Waals surface area (Å²) in [5.41, 5.74) is 0.633. The van der Waals surface area contributed by atoms with Gasteiger partial charge in [-0.05, 0) is 25.8 Å². The highest BCUT2D eigenvalue weighted by Gasteiger charge is 2.25. The lowest BCUT2D eigenvalue weighted by atomic mass is 10.2. The van der Waals surface area contributed by atoms with Crippen molar-refractivity contribution in [3.63, 3.8) is 0 Å². The molecule has 1 aromatic heterocycles. The molecule has 0 unspecified atom stereocenters. The fourth-order valence-electron chi connectivity index (χ4n) is 1.71. The molecular weight excluding hydrogens is 210 g/mol. The SMILES string of the molecule is Cc1ccnc(N2CCCCO2)c1[N+](=O)[O-]. The lowest BCUT2D eigenvalue weighted by Crippen LogP contribution is -2.31. The largest absolute Gasteiger partial charge is 0.316 e. The number of rotatable bonds is 2. The van der Waals surface area contributed by atoms with Crippen LogP contribution in [0, 0.1) is 17.0 Å². The van der Waals surface area contributed by atoms with E-state index in [2.05, 4.69) is 4.98 Å². The van der Waals surface area contributed by atoms with Crippen molar-refractivity contribution in [3.05, 3.63) is 27.9 Å². The van der Waals surface area contributed by atoms with Gasteiger partial charge in [-0.1, -0.05) is 0 Å². The van der Waals surface area contributed by atoms with Crippen molar-refractivity contribution in [2.75, 3.05) is 18.2 Å². The maximum atomic E-state index is 11.0. The van der Waals surface area contributed by atoms with E-state index in [9.17, 15) is 10.1 Å². The molecule has 2 heterocycles. The van der Waals surface area contributed by atoms with Gasteiger partial charge in [-0.3, -0.25) is 15.0 Å². The van der Waals surface area contributed by atoms with Crippen LogP contribution in [0.25, 0.3) is 0 Å². The highest BCUT2D eigenvalue weighted by Crippen LogP contribution is 2.30. The molecule has 1 aliphatic rings. The van der Waals surface area contributed by atoms with Gasteiger partial charge in [0.1, 0.15) is 0 Å². The Bertz CT molecular complexity index is 402. The van der Waals surface area contributed by atoms with Crippen LogP contribution in [0.15, 0.2) is 12.3 Å². The summed E-state index contributed by atoms with van der Waals surface area (Å²) in [4.78, 5) is 20.0. The molecule has 0 aliphatic carbocycles. The summed E-state index contributed by atoms with van der Waals surface area (Å²) in [7, 11) is 0. The Labute approximate surface area is 93.0 Å². The highest BCUT2D eigenvalue weighted by molar-refractivity contribution is 5.60. The van der Waals surface area contributed by atoms with Gasteiger partial charge >= 0.3 is 5.69 Å². The van der Waals surface area contributed by atoms with E-state index in [0.717, 1.165) is 12.8 Å². The number of hydrogen-bond acceptors (Lipinski definition) is 5. The van der Waals surface area contributed by atoms with Gasteiger partial charge in [0.05, 0.1) is 11.5 Å². The maximum Gasteiger partial charge on any atom is 0.316 e. The molecule has 0 radical (unpaired) electrons. The van der Waals surface area contributed by atoms with Gasteiger partial charge < -0.3 is 0 Å². The molecule has 0 spiro atoms. The maximum absolute atomic E-state index is 11.0. The number of nitrogens with zero attached hydrogens (tertiary/aromatic N) is 3. The van der Waals surface area contributed by atoms with Crippen LogP contribution >= 0.6 is 0 Å². The second kappa shape index (κ2) is 4.44. The summed E-state index contributed by atoms with van der Waals surface area (Å²) in [5, 5.41) is 12.5. The topological polar surface area (TPSA) is 68.5 Å². The molecule has 0 saturated carbocycles. The van der Waals surface area contributed by atoms with Crippen LogP contribution in [0.5, 0.6) is 0 Å². The average molecular weight is 223 g/mol. The minimum atomic E-state index is -0.407. The van der Waals surface area contributed by atoms with Crippen molar-refractivity contribution >= 4 is 11.5 Å². The lowest BCUT2D eigenvalue weighted by molar-refractivity contribution is -0.385. The third-order valence-corrected chi connectivity index (χ3v) is 2.53. The van der Waals surface area contributed by atoms with Gasteiger partial charge in [-0.2, -0.15) is 0 Å². The number of aromatic nitrogens is 1. The number of hydroxylamine groups is 1. The van der Waals surface area contributed by atoms with E-state index in [1.165, 1.54) is 5.06 Å². The summed E-state index contributed by atoms with van der Waals surface area (Å²) >= 11 is 0. The average Bonchev–Trinajstić information content (AvgIpc) is 2.29. The number of nitro groups is 1. The Morgan fingerprint density at radius 2 is 2.38 bits per heavy atom. The predicted molar refractivity (Wildman–Crippen MR) is 58.2 cm³/mol. The molecule has 6 heteroatoms. The predicted octanol–water partition coefficient (Wildman–Crippen LogP) is 1.83. The zero-order valence-electron chi connectivity index (χ0n) is 9.05. The van der Waals surface area contributed by atoms with E-state index in [1.54, 1.807) is 19.2 Å². The van der Waals surface area contributed by atoms with Crippen molar-refractivity contribution in [2.45, 2.75) is 19.8 Å². The molecule has 6 nitrogen and oxygen atoms in total. The van der Waals surface area contributed by atoms with Gasteiger partial charge in [0, 0.05) is 18.3 Å². The summed E-state index contributed by atoms with van der Waals surface area (Å²) in [6, 6.07) is 1.63. The van der Waals surface area contributed by atoms with Crippen molar-refractivity contribution < 1.29 is 9.76 Å². The Kier molecular flexibility index (Phi) is 3.00. The van der Waals surface area contributed by atoms with Crippen LogP contribution in [-0.4, -0.2) is 23.1 Å². The van der Waals surface area contributed by atoms with Crippen molar-refractivity contribution in [2.24, 2.45) is 0 Å². The highest BCUT2D eigenvalue weighted by atomic mass is 16.7. The second-order valence-corrected chi connectivity index (χ2v) is 3.70. The molecular formula is C10H13N3O3. The van der Waals surface area contributed by atoms with E-state index in [-0.39, 0.29) is 5.69 Å². The molecule has 86 valence electrons. The molecule has 0 atom stereocenters. The number of pyridine rings is 1. The van der Waals surface area contributed by atoms with Crippen LogP contribution in [0.4, 0.5) is 11.5 Å². The molecule has 0 amide bonds. The van der Waals surface area contributed by atoms with Crippen molar-refractivity contribution in [3.8, 4) is 0 Å².